The summed E-state index contributed by atoms with van der Waals surface area (Å²) in [4.78, 5) is 0. The van der Waals surface area contributed by atoms with Gasteiger partial charge in [-0.3, -0.25) is 0 Å². The van der Waals surface area contributed by atoms with E-state index in [1.165, 1.54) is 57.8 Å². The van der Waals surface area contributed by atoms with Crippen LogP contribution in [0.2, 0.25) is 0 Å². The molecule has 2 aliphatic carbocycles. The first-order chi connectivity index (χ1) is 8.88. The van der Waals surface area contributed by atoms with Gasteiger partial charge >= 0.3 is 0 Å². The van der Waals surface area contributed by atoms with E-state index in [0.29, 0.717) is 0 Å². The predicted molar refractivity (Wildman–Crippen MR) is 82.9 cm³/mol. The highest BCUT2D eigenvalue weighted by Gasteiger charge is 2.27. The highest BCUT2D eigenvalue weighted by molar-refractivity contribution is 4.78. The lowest BCUT2D eigenvalue weighted by Crippen LogP contribution is -2.24. The minimum atomic E-state index is 1.01. The van der Waals surface area contributed by atoms with E-state index in [4.69, 9.17) is 0 Å². The van der Waals surface area contributed by atoms with Crippen molar-refractivity contribution in [2.75, 3.05) is 0 Å². The van der Waals surface area contributed by atoms with Crippen LogP contribution in [0.1, 0.15) is 97.8 Å². The molecule has 0 heterocycles. The molecule has 0 aromatic rings. The van der Waals surface area contributed by atoms with Gasteiger partial charge in [-0.25, -0.2) is 0 Å². The van der Waals surface area contributed by atoms with Crippen molar-refractivity contribution in [1.29, 1.82) is 0 Å². The summed E-state index contributed by atoms with van der Waals surface area (Å²) in [6.07, 6.45) is 18.3. The molecule has 2 saturated carbocycles. The molecule has 2 atom stereocenters. The van der Waals surface area contributed by atoms with Gasteiger partial charge in [-0.15, -0.1) is 0 Å². The van der Waals surface area contributed by atoms with Crippen LogP contribution in [0.4, 0.5) is 0 Å². The van der Waals surface area contributed by atoms with E-state index in [1.807, 2.05) is 13.8 Å². The number of hydrogen-bond donors (Lipinski definition) is 0. The molecule has 0 amide bonds. The van der Waals surface area contributed by atoms with Crippen molar-refractivity contribution in [3.8, 4) is 0 Å². The Labute approximate surface area is 116 Å². The van der Waals surface area contributed by atoms with Gasteiger partial charge < -0.3 is 0 Å². The summed E-state index contributed by atoms with van der Waals surface area (Å²) in [5.74, 6) is 3.20. The minimum Gasteiger partial charge on any atom is -0.0683 e. The van der Waals surface area contributed by atoms with Crippen LogP contribution >= 0.6 is 0 Å². The third-order valence-electron chi connectivity index (χ3n) is 5.18. The van der Waals surface area contributed by atoms with Gasteiger partial charge in [-0.1, -0.05) is 91.4 Å². The van der Waals surface area contributed by atoms with Crippen LogP contribution in [0, 0.1) is 17.8 Å². The molecule has 0 nitrogen and oxygen atoms in total. The molecule has 0 aromatic heterocycles. The highest BCUT2D eigenvalue weighted by Crippen LogP contribution is 2.39. The molecule has 0 spiro atoms. The second-order valence-corrected chi connectivity index (χ2v) is 6.38. The molecule has 0 heteroatoms. The van der Waals surface area contributed by atoms with Crippen molar-refractivity contribution in [2.45, 2.75) is 97.8 Å². The summed E-state index contributed by atoms with van der Waals surface area (Å²) in [7, 11) is 0. The van der Waals surface area contributed by atoms with Crippen LogP contribution in [0.5, 0.6) is 0 Å². The summed E-state index contributed by atoms with van der Waals surface area (Å²) in [6, 6.07) is 0. The Bertz CT molecular complexity index is 178. The lowest BCUT2D eigenvalue weighted by molar-refractivity contribution is 0.167. The molecule has 0 radical (unpaired) electrons. The van der Waals surface area contributed by atoms with Crippen LogP contribution in [0.15, 0.2) is 0 Å². The van der Waals surface area contributed by atoms with Crippen molar-refractivity contribution in [3.63, 3.8) is 0 Å². The summed E-state index contributed by atoms with van der Waals surface area (Å²) in [6.45, 7) is 6.55. The number of hydrogen-bond acceptors (Lipinski definition) is 0. The fourth-order valence-electron chi connectivity index (χ4n) is 4.14. The summed E-state index contributed by atoms with van der Waals surface area (Å²) < 4.78 is 0. The number of rotatable bonds is 1. The van der Waals surface area contributed by atoms with Gasteiger partial charge in [-0.2, -0.15) is 0 Å². The summed E-state index contributed by atoms with van der Waals surface area (Å²) in [5, 5.41) is 0. The SMILES string of the molecule is CC.CC1CCCCCCCC1C1CCCCC1. The van der Waals surface area contributed by atoms with E-state index < -0.39 is 0 Å². The molecule has 2 fully saturated rings. The zero-order valence-electron chi connectivity index (χ0n) is 13.2. The normalized spacial score (nSPS) is 31.5. The van der Waals surface area contributed by atoms with E-state index in [9.17, 15) is 0 Å². The maximum Gasteiger partial charge on any atom is -0.0360 e. The zero-order valence-corrected chi connectivity index (χ0v) is 13.2. The molecule has 0 N–H and O–H groups in total. The Kier molecular flexibility index (Phi) is 8.80. The third-order valence-corrected chi connectivity index (χ3v) is 5.18. The Morgan fingerprint density at radius 1 is 0.556 bits per heavy atom. The summed E-state index contributed by atoms with van der Waals surface area (Å²) >= 11 is 0. The molecular formula is C18H36. The molecule has 2 unspecified atom stereocenters. The first-order valence-corrected chi connectivity index (χ1v) is 8.88. The maximum atomic E-state index is 2.55. The van der Waals surface area contributed by atoms with Crippen molar-refractivity contribution in [1.82, 2.24) is 0 Å². The van der Waals surface area contributed by atoms with Gasteiger partial charge in [0.25, 0.3) is 0 Å². The van der Waals surface area contributed by atoms with Crippen molar-refractivity contribution < 1.29 is 0 Å². The van der Waals surface area contributed by atoms with Crippen LogP contribution in [0.3, 0.4) is 0 Å². The fraction of sp³-hybridized carbons (Fsp3) is 1.00. The second kappa shape index (κ2) is 9.87. The maximum absolute atomic E-state index is 2.55. The molecule has 2 aliphatic rings. The largest absolute Gasteiger partial charge is 0.0683 e. The first-order valence-electron chi connectivity index (χ1n) is 8.88. The minimum absolute atomic E-state index is 1.01. The van der Waals surface area contributed by atoms with Gasteiger partial charge in [0.1, 0.15) is 0 Å². The van der Waals surface area contributed by atoms with Crippen LogP contribution in [0.25, 0.3) is 0 Å². The van der Waals surface area contributed by atoms with Crippen molar-refractivity contribution >= 4 is 0 Å². The average Bonchev–Trinajstić information content (AvgIpc) is 2.54. The summed E-state index contributed by atoms with van der Waals surface area (Å²) in [5.41, 5.74) is 0. The Hall–Kier alpha value is 0. The Balaban J connectivity index is 0.000000771. The van der Waals surface area contributed by atoms with Gasteiger partial charge in [-0.05, 0) is 24.2 Å². The van der Waals surface area contributed by atoms with Gasteiger partial charge in [0, 0.05) is 0 Å². The molecule has 0 aromatic carbocycles. The van der Waals surface area contributed by atoms with Crippen LogP contribution < -0.4 is 0 Å². The zero-order chi connectivity index (χ0) is 13.2. The standard InChI is InChI=1S/C16H30.C2H6/c1-14-10-6-3-2-4-9-13-16(14)15-11-7-5-8-12-15;1-2/h14-16H,2-13H2,1H3;1-2H3. The lowest BCUT2D eigenvalue weighted by Gasteiger charge is -2.34. The van der Waals surface area contributed by atoms with Crippen LogP contribution in [-0.4, -0.2) is 0 Å². The van der Waals surface area contributed by atoms with E-state index >= 15 is 0 Å². The lowest BCUT2D eigenvalue weighted by atomic mass is 9.71. The highest BCUT2D eigenvalue weighted by atomic mass is 14.3. The molecule has 2 rings (SSSR count). The van der Waals surface area contributed by atoms with E-state index in [0.717, 1.165) is 17.8 Å². The predicted octanol–water partition coefficient (Wildman–Crippen LogP) is 6.59. The van der Waals surface area contributed by atoms with Crippen LogP contribution in [-0.2, 0) is 0 Å². The average molecular weight is 252 g/mol. The third kappa shape index (κ3) is 5.33. The van der Waals surface area contributed by atoms with E-state index in [-0.39, 0.29) is 0 Å². The van der Waals surface area contributed by atoms with Gasteiger partial charge in [0.05, 0.1) is 0 Å². The van der Waals surface area contributed by atoms with Crippen molar-refractivity contribution in [2.24, 2.45) is 17.8 Å². The molecule has 18 heavy (non-hydrogen) atoms. The van der Waals surface area contributed by atoms with E-state index in [1.54, 1.807) is 19.3 Å². The molecule has 0 aliphatic heterocycles. The monoisotopic (exact) mass is 252 g/mol. The molecule has 0 bridgehead atoms. The first kappa shape index (κ1) is 16.1. The second-order valence-electron chi connectivity index (χ2n) is 6.38. The fourth-order valence-corrected chi connectivity index (χ4v) is 4.14. The smallest absolute Gasteiger partial charge is 0.0360 e. The molecular weight excluding hydrogens is 216 g/mol. The van der Waals surface area contributed by atoms with Crippen molar-refractivity contribution in [3.05, 3.63) is 0 Å². The Morgan fingerprint density at radius 3 is 1.67 bits per heavy atom. The van der Waals surface area contributed by atoms with Gasteiger partial charge in [0.2, 0.25) is 0 Å². The molecule has 0 saturated heterocycles. The van der Waals surface area contributed by atoms with E-state index in [2.05, 4.69) is 6.92 Å². The van der Waals surface area contributed by atoms with Gasteiger partial charge in [0.15, 0.2) is 0 Å². The Morgan fingerprint density at radius 2 is 1.00 bits per heavy atom. The topological polar surface area (TPSA) is 0 Å². The quantitative estimate of drug-likeness (QED) is 0.494. The molecule has 108 valence electrons.